The molecule has 0 radical (unpaired) electrons. The maximum Gasteiger partial charge on any atom is 0.339 e. The molecule has 2 aromatic heterocycles. The van der Waals surface area contributed by atoms with Gasteiger partial charge < -0.3 is 14.5 Å². The van der Waals surface area contributed by atoms with Crippen molar-refractivity contribution in [2.24, 2.45) is 0 Å². The lowest BCUT2D eigenvalue weighted by atomic mass is 10.1. The van der Waals surface area contributed by atoms with Gasteiger partial charge in [-0.05, 0) is 33.3 Å². The van der Waals surface area contributed by atoms with Gasteiger partial charge in [-0.25, -0.2) is 9.78 Å². The van der Waals surface area contributed by atoms with Gasteiger partial charge in [0, 0.05) is 11.1 Å². The van der Waals surface area contributed by atoms with E-state index in [-0.39, 0.29) is 18.2 Å². The first-order valence-electron chi connectivity index (χ1n) is 8.36. The van der Waals surface area contributed by atoms with Crippen LogP contribution in [0.2, 0.25) is 0 Å². The Morgan fingerprint density at radius 2 is 2.04 bits per heavy atom. The number of thioether (sulfide) groups is 1. The zero-order valence-corrected chi connectivity index (χ0v) is 17.5. The summed E-state index contributed by atoms with van der Waals surface area (Å²) in [4.78, 5) is 43.6. The van der Waals surface area contributed by atoms with Crippen LogP contribution in [0.25, 0.3) is 0 Å². The lowest BCUT2D eigenvalue weighted by Crippen LogP contribution is -2.15. The van der Waals surface area contributed by atoms with Crippen LogP contribution in [0.5, 0.6) is 0 Å². The van der Waals surface area contributed by atoms with Crippen LogP contribution in [-0.2, 0) is 20.7 Å². The lowest BCUT2D eigenvalue weighted by Gasteiger charge is -2.08. The van der Waals surface area contributed by atoms with E-state index in [9.17, 15) is 14.4 Å². The number of rotatable bonds is 8. The number of carbonyl (C=O) groups excluding carboxylic acids is 3. The number of hydrogen-bond acceptors (Lipinski definition) is 8. The fourth-order valence-corrected chi connectivity index (χ4v) is 4.64. The molecule has 0 spiro atoms. The first-order valence-corrected chi connectivity index (χ1v) is 10.1. The minimum Gasteiger partial charge on any atom is -0.466 e. The van der Waals surface area contributed by atoms with Gasteiger partial charge in [0.25, 0.3) is 0 Å². The summed E-state index contributed by atoms with van der Waals surface area (Å²) in [6, 6.07) is 0. The average Bonchev–Trinajstić information content (AvgIpc) is 3.17. The van der Waals surface area contributed by atoms with E-state index in [1.807, 2.05) is 0 Å². The number of nitrogens with zero attached hydrogens (tertiary/aromatic N) is 1. The van der Waals surface area contributed by atoms with Gasteiger partial charge >= 0.3 is 11.9 Å². The van der Waals surface area contributed by atoms with E-state index in [4.69, 9.17) is 9.47 Å². The van der Waals surface area contributed by atoms with Crippen LogP contribution in [0.1, 0.15) is 51.6 Å². The number of H-pyrrole nitrogens is 1. The number of aryl methyl sites for hydroxylation is 1. The Kier molecular flexibility index (Phi) is 7.20. The maximum absolute atomic E-state index is 12.8. The van der Waals surface area contributed by atoms with Crippen molar-refractivity contribution in [3.63, 3.8) is 0 Å². The van der Waals surface area contributed by atoms with Gasteiger partial charge in [0.2, 0.25) is 0 Å². The molecule has 0 saturated carbocycles. The summed E-state index contributed by atoms with van der Waals surface area (Å²) < 4.78 is 10.4. The number of nitrogens with one attached hydrogen (secondary N) is 1. The molecule has 2 rings (SSSR count). The molecule has 7 nitrogen and oxygen atoms in total. The van der Waals surface area contributed by atoms with E-state index in [1.165, 1.54) is 30.2 Å². The van der Waals surface area contributed by atoms with Crippen LogP contribution in [0.4, 0.5) is 0 Å². The first kappa shape index (κ1) is 21.2. The summed E-state index contributed by atoms with van der Waals surface area (Å²) in [6.07, 6.45) is 0.116. The highest BCUT2D eigenvalue weighted by Crippen LogP contribution is 2.30. The summed E-state index contributed by atoms with van der Waals surface area (Å²) >= 11 is 2.69. The quantitative estimate of drug-likeness (QED) is 0.405. The number of methoxy groups -OCH3 is 1. The molecular formula is C18H22N2O5S2. The first-order chi connectivity index (χ1) is 12.8. The minimum atomic E-state index is -0.468. The number of thiazole rings is 1. The van der Waals surface area contributed by atoms with Crippen molar-refractivity contribution in [1.29, 1.82) is 0 Å². The number of ketones is 1. The summed E-state index contributed by atoms with van der Waals surface area (Å²) in [6.45, 7) is 7.33. The molecule has 0 aliphatic heterocycles. The van der Waals surface area contributed by atoms with Crippen molar-refractivity contribution >= 4 is 40.8 Å². The molecule has 0 fully saturated rings. The smallest absolute Gasteiger partial charge is 0.339 e. The van der Waals surface area contributed by atoms with Crippen molar-refractivity contribution < 1.29 is 23.9 Å². The average molecular weight is 411 g/mol. The molecule has 0 aliphatic carbocycles. The highest BCUT2D eigenvalue weighted by Gasteiger charge is 2.26. The highest BCUT2D eigenvalue weighted by molar-refractivity contribution is 8.02. The van der Waals surface area contributed by atoms with E-state index in [2.05, 4.69) is 9.97 Å². The summed E-state index contributed by atoms with van der Waals surface area (Å²) in [5.74, 6) is -0.918. The second-order valence-corrected chi connectivity index (χ2v) is 8.27. The second-order valence-electron chi connectivity index (χ2n) is 5.83. The van der Waals surface area contributed by atoms with Gasteiger partial charge in [0.15, 0.2) is 10.1 Å². The Hall–Kier alpha value is -2.13. The van der Waals surface area contributed by atoms with Gasteiger partial charge in [-0.2, -0.15) is 0 Å². The normalized spacial score (nSPS) is 11.9. The van der Waals surface area contributed by atoms with Gasteiger partial charge in [-0.15, -0.1) is 11.3 Å². The van der Waals surface area contributed by atoms with Gasteiger partial charge in [-0.3, -0.25) is 9.59 Å². The van der Waals surface area contributed by atoms with Crippen molar-refractivity contribution in [2.45, 2.75) is 43.7 Å². The second kappa shape index (κ2) is 9.18. The SMILES string of the molecule is CCOC(=O)Cc1csc(S[C@@H](C)C(=O)c2[nH]c(C)c(C(=O)OC)c2C)n1. The molecule has 0 aliphatic rings. The van der Waals surface area contributed by atoms with E-state index in [0.717, 1.165) is 0 Å². The van der Waals surface area contributed by atoms with E-state index in [0.29, 0.717) is 39.2 Å². The van der Waals surface area contributed by atoms with Crippen LogP contribution in [0.3, 0.4) is 0 Å². The third-order valence-corrected chi connectivity index (χ3v) is 6.00. The van der Waals surface area contributed by atoms with Crippen LogP contribution >= 0.6 is 23.1 Å². The summed E-state index contributed by atoms with van der Waals surface area (Å²) in [5, 5.41) is 1.38. The molecule has 0 bridgehead atoms. The fourth-order valence-electron chi connectivity index (χ4n) is 2.60. The third-order valence-electron chi connectivity index (χ3n) is 3.88. The molecule has 9 heteroatoms. The molecule has 1 N–H and O–H groups in total. The lowest BCUT2D eigenvalue weighted by molar-refractivity contribution is -0.142. The number of ether oxygens (including phenoxy) is 2. The molecule has 0 aromatic carbocycles. The largest absolute Gasteiger partial charge is 0.466 e. The Morgan fingerprint density at radius 1 is 1.33 bits per heavy atom. The number of aromatic nitrogens is 2. The van der Waals surface area contributed by atoms with Crippen molar-refractivity contribution in [3.8, 4) is 0 Å². The topological polar surface area (TPSA) is 98.4 Å². The number of Topliss-reactive ketones (excluding diaryl/α,β-unsaturated/α-hetero) is 1. The van der Waals surface area contributed by atoms with Gasteiger partial charge in [0.05, 0.1) is 42.3 Å². The van der Waals surface area contributed by atoms with E-state index < -0.39 is 11.2 Å². The molecule has 27 heavy (non-hydrogen) atoms. The fraction of sp³-hybridized carbons (Fsp3) is 0.444. The number of aromatic amines is 1. The van der Waals surface area contributed by atoms with Crippen molar-refractivity contribution in [3.05, 3.63) is 33.6 Å². The Balaban J connectivity index is 2.10. The number of hydrogen-bond donors (Lipinski definition) is 1. The molecule has 2 aromatic rings. The molecule has 0 amide bonds. The van der Waals surface area contributed by atoms with Crippen molar-refractivity contribution in [1.82, 2.24) is 9.97 Å². The Morgan fingerprint density at radius 3 is 2.67 bits per heavy atom. The van der Waals surface area contributed by atoms with Gasteiger partial charge in [0.1, 0.15) is 0 Å². The Labute approximate surface area is 165 Å². The van der Waals surface area contributed by atoms with Crippen LogP contribution in [0.15, 0.2) is 9.72 Å². The van der Waals surface area contributed by atoms with Crippen LogP contribution in [0, 0.1) is 13.8 Å². The predicted octanol–water partition coefficient (Wildman–Crippen LogP) is 3.34. The zero-order chi connectivity index (χ0) is 20.1. The monoisotopic (exact) mass is 410 g/mol. The Bertz CT molecular complexity index is 856. The minimum absolute atomic E-state index is 0.116. The summed E-state index contributed by atoms with van der Waals surface area (Å²) in [5.41, 5.74) is 2.60. The zero-order valence-electron chi connectivity index (χ0n) is 15.9. The van der Waals surface area contributed by atoms with E-state index >= 15 is 0 Å². The standard InChI is InChI=1S/C18H22N2O5S2/c1-6-25-13(21)7-12-8-26-18(20-12)27-11(4)16(22)15-9(2)14(10(3)19-15)17(23)24-5/h8,11,19H,6-7H2,1-5H3/t11-/m0/s1. The predicted molar refractivity (Wildman–Crippen MR) is 104 cm³/mol. The maximum atomic E-state index is 12.8. The molecule has 0 unspecified atom stereocenters. The van der Waals surface area contributed by atoms with Crippen LogP contribution < -0.4 is 0 Å². The molecule has 0 saturated heterocycles. The van der Waals surface area contributed by atoms with Gasteiger partial charge in [-0.1, -0.05) is 11.8 Å². The van der Waals surface area contributed by atoms with E-state index in [1.54, 1.807) is 33.1 Å². The number of esters is 2. The molecular weight excluding hydrogens is 388 g/mol. The highest BCUT2D eigenvalue weighted by atomic mass is 32.2. The van der Waals surface area contributed by atoms with Crippen LogP contribution in [-0.4, -0.2) is 46.7 Å². The summed E-state index contributed by atoms with van der Waals surface area (Å²) in [7, 11) is 1.31. The molecule has 1 atom stereocenters. The molecule has 146 valence electrons. The van der Waals surface area contributed by atoms with Crippen molar-refractivity contribution in [2.75, 3.05) is 13.7 Å². The molecule has 2 heterocycles. The third kappa shape index (κ3) is 4.98. The number of carbonyl (C=O) groups is 3.